The molecule has 3 rings (SSSR count). The highest BCUT2D eigenvalue weighted by molar-refractivity contribution is 5.96. The average Bonchev–Trinajstić information content (AvgIpc) is 3.20. The molecule has 0 aromatic rings. The molecule has 3 aliphatic rings. The molecule has 0 bridgehead atoms. The third kappa shape index (κ3) is 2.46. The molecule has 1 aliphatic heterocycles. The highest BCUT2D eigenvalue weighted by Gasteiger charge is 2.69. The van der Waals surface area contributed by atoms with Crippen LogP contribution in [0.1, 0.15) is 53.9 Å². The van der Waals surface area contributed by atoms with Crippen molar-refractivity contribution >= 4 is 17.7 Å². The third-order valence-electron chi connectivity index (χ3n) is 6.24. The molecule has 0 radical (unpaired) electrons. The van der Waals surface area contributed by atoms with Crippen molar-refractivity contribution in [3.8, 4) is 0 Å². The van der Waals surface area contributed by atoms with E-state index in [2.05, 4.69) is 0 Å². The Bertz CT molecular complexity index is 590. The van der Waals surface area contributed by atoms with Gasteiger partial charge in [-0.15, -0.1) is 0 Å². The predicted molar refractivity (Wildman–Crippen MR) is 84.0 cm³/mol. The van der Waals surface area contributed by atoms with Gasteiger partial charge in [0.15, 0.2) is 11.4 Å². The number of ether oxygens (including phenoxy) is 3. The summed E-state index contributed by atoms with van der Waals surface area (Å²) in [6.45, 7) is 9.12. The molecule has 1 spiro atoms. The second-order valence-electron chi connectivity index (χ2n) is 8.32. The van der Waals surface area contributed by atoms with Crippen LogP contribution >= 0.6 is 0 Å². The number of ketones is 1. The second kappa shape index (κ2) is 5.28. The minimum atomic E-state index is -0.644. The van der Waals surface area contributed by atoms with E-state index in [9.17, 15) is 14.4 Å². The number of rotatable bonds is 2. The maximum atomic E-state index is 13.1. The maximum Gasteiger partial charge on any atom is 0.303 e. The van der Waals surface area contributed by atoms with Gasteiger partial charge in [-0.25, -0.2) is 0 Å². The van der Waals surface area contributed by atoms with Gasteiger partial charge in [0.25, 0.3) is 0 Å². The van der Waals surface area contributed by atoms with Crippen LogP contribution in [0.4, 0.5) is 0 Å². The summed E-state index contributed by atoms with van der Waals surface area (Å²) in [6.07, 6.45) is 0.725. The van der Waals surface area contributed by atoms with Gasteiger partial charge >= 0.3 is 11.9 Å². The Hall–Kier alpha value is -1.43. The first kappa shape index (κ1) is 17.4. The van der Waals surface area contributed by atoms with E-state index < -0.39 is 40.6 Å². The SMILES string of the molecule is CC(=O)O[C@@H]1C[C@]2(C)C(=O)[C@]3(CC[C@H]2C(C)(C)[C@H]1OC(C)=O)CO3. The smallest absolute Gasteiger partial charge is 0.303 e. The molecule has 1 heterocycles. The van der Waals surface area contributed by atoms with E-state index in [1.165, 1.54) is 13.8 Å². The number of epoxide rings is 1. The normalized spacial score (nSPS) is 43.0. The summed E-state index contributed by atoms with van der Waals surface area (Å²) < 4.78 is 16.5. The first-order valence-electron chi connectivity index (χ1n) is 8.56. The highest BCUT2D eigenvalue weighted by Crippen LogP contribution is 2.61. The number of hydrogen-bond donors (Lipinski definition) is 0. The molecular weight excluding hydrogens is 312 g/mol. The summed E-state index contributed by atoms with van der Waals surface area (Å²) in [4.78, 5) is 36.3. The van der Waals surface area contributed by atoms with Crippen LogP contribution in [0.15, 0.2) is 0 Å². The number of carbonyl (C=O) groups is 3. The largest absolute Gasteiger partial charge is 0.459 e. The molecule has 0 amide bonds. The molecule has 0 N–H and O–H groups in total. The van der Waals surface area contributed by atoms with E-state index in [-0.39, 0.29) is 11.7 Å². The molecule has 3 fully saturated rings. The molecule has 6 heteroatoms. The molecule has 134 valence electrons. The second-order valence-corrected chi connectivity index (χ2v) is 8.32. The van der Waals surface area contributed by atoms with E-state index in [0.29, 0.717) is 19.4 Å². The van der Waals surface area contributed by atoms with Crippen molar-refractivity contribution in [1.29, 1.82) is 0 Å². The summed E-state index contributed by atoms with van der Waals surface area (Å²) in [7, 11) is 0. The Balaban J connectivity index is 1.99. The van der Waals surface area contributed by atoms with Crippen molar-refractivity contribution in [2.24, 2.45) is 16.7 Å². The van der Waals surface area contributed by atoms with Gasteiger partial charge < -0.3 is 14.2 Å². The van der Waals surface area contributed by atoms with Crippen molar-refractivity contribution in [2.45, 2.75) is 71.7 Å². The van der Waals surface area contributed by atoms with Crippen LogP contribution in [-0.4, -0.2) is 42.1 Å². The third-order valence-corrected chi connectivity index (χ3v) is 6.24. The van der Waals surface area contributed by atoms with Crippen molar-refractivity contribution in [2.75, 3.05) is 6.61 Å². The van der Waals surface area contributed by atoms with Crippen LogP contribution in [-0.2, 0) is 28.6 Å². The van der Waals surface area contributed by atoms with Gasteiger partial charge in [0.05, 0.1) is 6.61 Å². The number of esters is 2. The Kier molecular flexibility index (Phi) is 3.83. The minimum Gasteiger partial charge on any atom is -0.459 e. The zero-order valence-electron chi connectivity index (χ0n) is 15.0. The lowest BCUT2D eigenvalue weighted by Crippen LogP contribution is -2.64. The fourth-order valence-corrected chi connectivity index (χ4v) is 5.20. The topological polar surface area (TPSA) is 82.2 Å². The van der Waals surface area contributed by atoms with Crippen LogP contribution in [0.2, 0.25) is 0 Å². The van der Waals surface area contributed by atoms with Crippen molar-refractivity contribution < 1.29 is 28.6 Å². The van der Waals surface area contributed by atoms with Gasteiger partial charge in [-0.05, 0) is 18.8 Å². The van der Waals surface area contributed by atoms with Crippen LogP contribution in [0.5, 0.6) is 0 Å². The van der Waals surface area contributed by atoms with E-state index in [1.807, 2.05) is 20.8 Å². The molecule has 2 saturated carbocycles. The van der Waals surface area contributed by atoms with Crippen LogP contribution in [0.25, 0.3) is 0 Å². The van der Waals surface area contributed by atoms with E-state index >= 15 is 0 Å². The molecule has 2 aliphatic carbocycles. The first-order valence-corrected chi connectivity index (χ1v) is 8.56. The molecule has 1 saturated heterocycles. The molecular formula is C18H26O6. The Morgan fingerprint density at radius 2 is 1.71 bits per heavy atom. The lowest BCUT2D eigenvalue weighted by Gasteiger charge is -2.57. The quantitative estimate of drug-likeness (QED) is 0.566. The molecule has 24 heavy (non-hydrogen) atoms. The van der Waals surface area contributed by atoms with Crippen molar-refractivity contribution in [3.63, 3.8) is 0 Å². The first-order chi connectivity index (χ1) is 11.0. The summed E-state index contributed by atoms with van der Waals surface area (Å²) in [5.74, 6) is -0.685. The summed E-state index contributed by atoms with van der Waals surface area (Å²) in [5.41, 5.74) is -1.75. The average molecular weight is 338 g/mol. The number of fused-ring (bicyclic) bond motifs is 1. The van der Waals surface area contributed by atoms with E-state index in [1.54, 1.807) is 0 Å². The lowest BCUT2D eigenvalue weighted by atomic mass is 9.48. The molecule has 6 nitrogen and oxygen atoms in total. The fraction of sp³-hybridized carbons (Fsp3) is 0.833. The lowest BCUT2D eigenvalue weighted by molar-refractivity contribution is -0.212. The summed E-state index contributed by atoms with van der Waals surface area (Å²) in [6, 6.07) is 0. The van der Waals surface area contributed by atoms with Gasteiger partial charge in [0, 0.05) is 31.1 Å². The zero-order chi connectivity index (χ0) is 17.9. The zero-order valence-corrected chi connectivity index (χ0v) is 15.0. The Morgan fingerprint density at radius 3 is 2.21 bits per heavy atom. The van der Waals surface area contributed by atoms with Crippen LogP contribution < -0.4 is 0 Å². The summed E-state index contributed by atoms with van der Waals surface area (Å²) in [5, 5.41) is 0. The Labute approximate surface area is 142 Å². The molecule has 0 aromatic heterocycles. The standard InChI is InChI=1S/C18H26O6/c1-10(19)23-12-8-17(5)13(6-7-18(9-22-18)15(17)21)16(3,4)14(12)24-11(2)20/h12-14H,6-9H2,1-5H3/t12-,13+,14+,17+,18+/m1/s1. The van der Waals surface area contributed by atoms with Crippen molar-refractivity contribution in [1.82, 2.24) is 0 Å². The van der Waals surface area contributed by atoms with Gasteiger partial charge in [-0.3, -0.25) is 14.4 Å². The van der Waals surface area contributed by atoms with Crippen LogP contribution in [0, 0.1) is 16.7 Å². The number of Topliss-reactive ketones (excluding diaryl/α,β-unsaturated/α-hetero) is 1. The number of hydrogen-bond acceptors (Lipinski definition) is 6. The Morgan fingerprint density at radius 1 is 1.12 bits per heavy atom. The maximum absolute atomic E-state index is 13.1. The van der Waals surface area contributed by atoms with Gasteiger partial charge in [0.2, 0.25) is 0 Å². The predicted octanol–water partition coefficient (Wildman–Crippen LogP) is 2.03. The van der Waals surface area contributed by atoms with E-state index in [4.69, 9.17) is 14.2 Å². The monoisotopic (exact) mass is 338 g/mol. The van der Waals surface area contributed by atoms with Gasteiger partial charge in [-0.2, -0.15) is 0 Å². The molecule has 0 aromatic carbocycles. The fourth-order valence-electron chi connectivity index (χ4n) is 5.20. The van der Waals surface area contributed by atoms with Gasteiger partial charge in [0.1, 0.15) is 12.2 Å². The molecule has 0 unspecified atom stereocenters. The highest BCUT2D eigenvalue weighted by atomic mass is 16.6. The van der Waals surface area contributed by atoms with Crippen molar-refractivity contribution in [3.05, 3.63) is 0 Å². The van der Waals surface area contributed by atoms with E-state index in [0.717, 1.165) is 6.42 Å². The summed E-state index contributed by atoms with van der Waals surface area (Å²) >= 11 is 0. The van der Waals surface area contributed by atoms with Gasteiger partial charge in [-0.1, -0.05) is 20.8 Å². The minimum absolute atomic E-state index is 0.0449. The molecule has 5 atom stereocenters. The van der Waals surface area contributed by atoms with Crippen LogP contribution in [0.3, 0.4) is 0 Å². The number of carbonyl (C=O) groups excluding carboxylic acids is 3.